The Kier molecular flexibility index (Phi) is 4.57. The van der Waals surface area contributed by atoms with Gasteiger partial charge in [-0.05, 0) is 0 Å². The van der Waals surface area contributed by atoms with Crippen LogP contribution in [0.2, 0.25) is 0 Å². The van der Waals surface area contributed by atoms with E-state index in [1.807, 2.05) is 4.90 Å². The van der Waals surface area contributed by atoms with Crippen molar-refractivity contribution in [2.45, 2.75) is 6.04 Å². The summed E-state index contributed by atoms with van der Waals surface area (Å²) in [5.41, 5.74) is 0. The number of carbonyl (C=O) groups excluding carboxylic acids is 1. The van der Waals surface area contributed by atoms with E-state index in [1.54, 1.807) is 21.2 Å². The maximum absolute atomic E-state index is 12.0. The number of carbonyl (C=O) groups is 1. The number of likely N-dealkylation sites (N-methyl/N-ethyl adjacent to an activating group) is 1. The normalized spacial score (nSPS) is 18.6. The van der Waals surface area contributed by atoms with Crippen LogP contribution in [0, 0.1) is 0 Å². The van der Waals surface area contributed by atoms with Crippen LogP contribution in [0.5, 0.6) is 5.75 Å². The van der Waals surface area contributed by atoms with E-state index in [4.69, 9.17) is 9.47 Å². The second-order valence-corrected chi connectivity index (χ2v) is 4.23. The molecule has 2 rings (SSSR count). The zero-order chi connectivity index (χ0) is 14.5. The van der Waals surface area contributed by atoms with Gasteiger partial charge in [0.2, 0.25) is 11.7 Å². The molecule has 1 unspecified atom stereocenters. The number of ether oxygens (including phenoxy) is 2. The van der Waals surface area contributed by atoms with Gasteiger partial charge < -0.3 is 25.0 Å². The molecule has 2 N–H and O–H groups in total. The number of nitrogens with one attached hydrogen (secondary N) is 2. The molecular weight excluding hydrogens is 262 g/mol. The molecule has 1 aromatic rings. The van der Waals surface area contributed by atoms with Gasteiger partial charge in [-0.2, -0.15) is 0 Å². The Morgan fingerprint density at radius 1 is 1.50 bits per heavy atom. The van der Waals surface area contributed by atoms with E-state index in [-0.39, 0.29) is 5.91 Å². The average molecular weight is 281 g/mol. The molecule has 8 heteroatoms. The number of aromatic nitrogens is 2. The number of nitrogens with zero attached hydrogens (tertiary/aromatic N) is 3. The van der Waals surface area contributed by atoms with Crippen LogP contribution in [-0.4, -0.2) is 62.9 Å². The first kappa shape index (κ1) is 14.3. The molecule has 1 fully saturated rings. The number of methoxy groups -OCH3 is 1. The fourth-order valence-electron chi connectivity index (χ4n) is 2.18. The number of amides is 1. The van der Waals surface area contributed by atoms with Gasteiger partial charge in [0.15, 0.2) is 11.6 Å². The summed E-state index contributed by atoms with van der Waals surface area (Å²) in [5.74, 6) is 1.57. The van der Waals surface area contributed by atoms with Crippen LogP contribution in [0.1, 0.15) is 0 Å². The minimum absolute atomic E-state index is 0.114. The molecule has 20 heavy (non-hydrogen) atoms. The van der Waals surface area contributed by atoms with Crippen molar-refractivity contribution in [1.29, 1.82) is 0 Å². The fraction of sp³-hybridized carbons (Fsp3) is 0.583. The first-order valence-electron chi connectivity index (χ1n) is 6.35. The molecule has 2 heterocycles. The first-order valence-corrected chi connectivity index (χ1v) is 6.35. The van der Waals surface area contributed by atoms with Crippen LogP contribution in [0.3, 0.4) is 0 Å². The van der Waals surface area contributed by atoms with E-state index in [0.29, 0.717) is 37.1 Å². The van der Waals surface area contributed by atoms with Gasteiger partial charge in [0.1, 0.15) is 12.4 Å². The van der Waals surface area contributed by atoms with E-state index < -0.39 is 6.04 Å². The molecule has 110 valence electrons. The van der Waals surface area contributed by atoms with E-state index in [1.165, 1.54) is 6.33 Å². The summed E-state index contributed by atoms with van der Waals surface area (Å²) in [4.78, 5) is 22.2. The quantitative estimate of drug-likeness (QED) is 0.767. The maximum atomic E-state index is 12.0. The third-order valence-electron chi connectivity index (χ3n) is 3.18. The van der Waals surface area contributed by atoms with E-state index in [9.17, 15) is 4.79 Å². The zero-order valence-corrected chi connectivity index (χ0v) is 11.8. The molecule has 1 saturated heterocycles. The largest absolute Gasteiger partial charge is 0.490 e. The van der Waals surface area contributed by atoms with Crippen LogP contribution in [0.25, 0.3) is 0 Å². The second-order valence-electron chi connectivity index (χ2n) is 4.23. The number of anilines is 2. The van der Waals surface area contributed by atoms with Gasteiger partial charge in [0, 0.05) is 20.6 Å². The third kappa shape index (κ3) is 2.60. The molecular formula is C12H19N5O3. The summed E-state index contributed by atoms with van der Waals surface area (Å²) in [7, 11) is 4.91. The number of hydrogen-bond donors (Lipinski definition) is 2. The van der Waals surface area contributed by atoms with Crippen molar-refractivity contribution in [3.05, 3.63) is 6.33 Å². The molecule has 8 nitrogen and oxygen atoms in total. The molecule has 1 aromatic heterocycles. The van der Waals surface area contributed by atoms with Gasteiger partial charge in [-0.15, -0.1) is 0 Å². The van der Waals surface area contributed by atoms with Crippen molar-refractivity contribution in [3.63, 3.8) is 0 Å². The SMILES string of the molecule is CNC(=O)C1COCCN1c1ncnc(NC)c1OC. The van der Waals surface area contributed by atoms with Crippen molar-refractivity contribution in [2.24, 2.45) is 0 Å². The Bertz CT molecular complexity index is 482. The average Bonchev–Trinajstić information content (AvgIpc) is 2.53. The molecule has 0 aliphatic carbocycles. The van der Waals surface area contributed by atoms with Crippen molar-refractivity contribution < 1.29 is 14.3 Å². The topological polar surface area (TPSA) is 88.6 Å². The summed E-state index contributed by atoms with van der Waals surface area (Å²) in [6, 6.07) is -0.428. The molecule has 0 bridgehead atoms. The summed E-state index contributed by atoms with van der Waals surface area (Å²) < 4.78 is 10.8. The molecule has 0 spiro atoms. The number of hydrogen-bond acceptors (Lipinski definition) is 7. The zero-order valence-electron chi connectivity index (χ0n) is 11.8. The van der Waals surface area contributed by atoms with E-state index in [0.717, 1.165) is 0 Å². The van der Waals surface area contributed by atoms with Gasteiger partial charge in [0.25, 0.3) is 0 Å². The number of rotatable bonds is 4. The molecule has 1 atom stereocenters. The Morgan fingerprint density at radius 2 is 2.30 bits per heavy atom. The van der Waals surface area contributed by atoms with Crippen molar-refractivity contribution in [2.75, 3.05) is 51.2 Å². The van der Waals surface area contributed by atoms with Crippen molar-refractivity contribution in [3.8, 4) is 5.75 Å². The highest BCUT2D eigenvalue weighted by molar-refractivity contribution is 5.86. The highest BCUT2D eigenvalue weighted by Gasteiger charge is 2.32. The lowest BCUT2D eigenvalue weighted by Crippen LogP contribution is -2.53. The maximum Gasteiger partial charge on any atom is 0.244 e. The lowest BCUT2D eigenvalue weighted by Gasteiger charge is -2.35. The van der Waals surface area contributed by atoms with Crippen LogP contribution < -0.4 is 20.3 Å². The Morgan fingerprint density at radius 3 is 2.95 bits per heavy atom. The van der Waals surface area contributed by atoms with Gasteiger partial charge >= 0.3 is 0 Å². The Hall–Kier alpha value is -2.09. The molecule has 1 aliphatic rings. The highest BCUT2D eigenvalue weighted by atomic mass is 16.5. The summed E-state index contributed by atoms with van der Waals surface area (Å²) >= 11 is 0. The Labute approximate surface area is 117 Å². The highest BCUT2D eigenvalue weighted by Crippen LogP contribution is 2.33. The predicted molar refractivity (Wildman–Crippen MR) is 74.2 cm³/mol. The molecule has 0 aromatic carbocycles. The lowest BCUT2D eigenvalue weighted by molar-refractivity contribution is -0.124. The Balaban J connectivity index is 2.39. The summed E-state index contributed by atoms with van der Waals surface area (Å²) in [6.45, 7) is 1.42. The minimum Gasteiger partial charge on any atom is -0.490 e. The van der Waals surface area contributed by atoms with Gasteiger partial charge in [-0.1, -0.05) is 0 Å². The van der Waals surface area contributed by atoms with Crippen molar-refractivity contribution >= 4 is 17.5 Å². The third-order valence-corrected chi connectivity index (χ3v) is 3.18. The summed E-state index contributed by atoms with van der Waals surface area (Å²) in [5, 5.41) is 5.59. The molecule has 1 amide bonds. The second kappa shape index (κ2) is 6.38. The fourth-order valence-corrected chi connectivity index (χ4v) is 2.18. The number of morpholine rings is 1. The monoisotopic (exact) mass is 281 g/mol. The van der Waals surface area contributed by atoms with Gasteiger partial charge in [-0.25, -0.2) is 9.97 Å². The molecule has 0 radical (unpaired) electrons. The van der Waals surface area contributed by atoms with Gasteiger partial charge in [0.05, 0.1) is 20.3 Å². The summed E-state index contributed by atoms with van der Waals surface area (Å²) in [6.07, 6.45) is 1.44. The molecule has 0 saturated carbocycles. The van der Waals surface area contributed by atoms with Crippen LogP contribution in [-0.2, 0) is 9.53 Å². The van der Waals surface area contributed by atoms with Crippen LogP contribution in [0.15, 0.2) is 6.33 Å². The first-order chi connectivity index (χ1) is 9.72. The lowest BCUT2D eigenvalue weighted by atomic mass is 10.2. The van der Waals surface area contributed by atoms with Crippen LogP contribution in [0.4, 0.5) is 11.6 Å². The van der Waals surface area contributed by atoms with Crippen LogP contribution >= 0.6 is 0 Å². The molecule has 1 aliphatic heterocycles. The minimum atomic E-state index is -0.428. The van der Waals surface area contributed by atoms with Gasteiger partial charge in [-0.3, -0.25) is 4.79 Å². The standard InChI is InChI=1S/C12H19N5O3/c1-13-10-9(19-3)11(16-7-15-10)17-4-5-20-6-8(17)12(18)14-2/h7-8H,4-6H2,1-3H3,(H,14,18)(H,13,15,16). The smallest absolute Gasteiger partial charge is 0.244 e. The van der Waals surface area contributed by atoms with E-state index >= 15 is 0 Å². The van der Waals surface area contributed by atoms with Crippen molar-refractivity contribution in [1.82, 2.24) is 15.3 Å². The van der Waals surface area contributed by atoms with E-state index in [2.05, 4.69) is 20.6 Å². The predicted octanol–water partition coefficient (Wildman–Crippen LogP) is -0.522.